The number of thiophene rings is 1. The molecule has 0 spiro atoms. The monoisotopic (exact) mass is 328 g/mol. The van der Waals surface area contributed by atoms with Gasteiger partial charge in [0, 0.05) is 4.88 Å². The van der Waals surface area contributed by atoms with E-state index < -0.39 is 0 Å². The van der Waals surface area contributed by atoms with Gasteiger partial charge in [0.05, 0.1) is 10.6 Å². The molecule has 1 saturated heterocycles. The van der Waals surface area contributed by atoms with Crippen LogP contribution in [0, 0.1) is 26.2 Å². The summed E-state index contributed by atoms with van der Waals surface area (Å²) in [6.07, 6.45) is 1.89. The smallest absolute Gasteiger partial charge is 0.271 e. The highest BCUT2D eigenvalue weighted by Gasteiger charge is 2.33. The summed E-state index contributed by atoms with van der Waals surface area (Å²) in [5, 5.41) is 10.4. The van der Waals surface area contributed by atoms with E-state index in [-0.39, 0.29) is 11.1 Å². The molecule has 1 aliphatic heterocycles. The van der Waals surface area contributed by atoms with E-state index in [2.05, 4.69) is 0 Å². The fourth-order valence-corrected chi connectivity index (χ4v) is 4.01. The van der Waals surface area contributed by atoms with Crippen LogP contribution < -0.4 is 4.90 Å². The van der Waals surface area contributed by atoms with Crippen LogP contribution in [0.3, 0.4) is 0 Å². The van der Waals surface area contributed by atoms with Crippen LogP contribution in [0.2, 0.25) is 0 Å². The SMILES string of the molecule is Cc1ccc(N2C(=N)SC(=Cc3sccc3C)C2=O)cc1C. The van der Waals surface area contributed by atoms with Gasteiger partial charge in [-0.05, 0) is 78.9 Å². The lowest BCUT2D eigenvalue weighted by Gasteiger charge is -2.15. The third-order valence-corrected chi connectivity index (χ3v) is 5.59. The molecule has 3 nitrogen and oxygen atoms in total. The van der Waals surface area contributed by atoms with Gasteiger partial charge in [0.15, 0.2) is 5.17 Å². The van der Waals surface area contributed by atoms with E-state index in [1.54, 1.807) is 11.3 Å². The van der Waals surface area contributed by atoms with Crippen molar-refractivity contribution in [2.24, 2.45) is 0 Å². The summed E-state index contributed by atoms with van der Waals surface area (Å²) >= 11 is 2.83. The second-order valence-corrected chi connectivity index (χ2v) is 7.27. The Balaban J connectivity index is 1.96. The molecule has 1 aromatic heterocycles. The molecule has 0 bridgehead atoms. The van der Waals surface area contributed by atoms with E-state index in [9.17, 15) is 4.79 Å². The summed E-state index contributed by atoms with van der Waals surface area (Å²) in [5.41, 5.74) is 4.22. The molecule has 0 saturated carbocycles. The van der Waals surface area contributed by atoms with Crippen LogP contribution in [0.4, 0.5) is 5.69 Å². The molecule has 5 heteroatoms. The van der Waals surface area contributed by atoms with Gasteiger partial charge in [0.1, 0.15) is 0 Å². The van der Waals surface area contributed by atoms with Crippen molar-refractivity contribution in [2.75, 3.05) is 4.90 Å². The van der Waals surface area contributed by atoms with Crippen LogP contribution in [0.5, 0.6) is 0 Å². The predicted octanol–water partition coefficient (Wildman–Crippen LogP) is 4.73. The standard InChI is InChI=1S/C17H16N2OS2/c1-10-4-5-13(8-12(10)3)19-16(20)15(22-17(19)18)9-14-11(2)6-7-21-14/h4-9,18H,1-3H3. The van der Waals surface area contributed by atoms with E-state index in [1.165, 1.54) is 22.2 Å². The zero-order valence-electron chi connectivity index (χ0n) is 12.6. The van der Waals surface area contributed by atoms with Crippen LogP contribution in [-0.2, 0) is 4.79 Å². The normalized spacial score (nSPS) is 16.9. The van der Waals surface area contributed by atoms with Gasteiger partial charge in [-0.1, -0.05) is 6.07 Å². The van der Waals surface area contributed by atoms with Crippen LogP contribution in [0.15, 0.2) is 34.6 Å². The molecular formula is C17H16N2OS2. The van der Waals surface area contributed by atoms with E-state index >= 15 is 0 Å². The second kappa shape index (κ2) is 5.74. The number of amides is 1. The topological polar surface area (TPSA) is 44.2 Å². The molecule has 0 radical (unpaired) electrons. The first-order valence-corrected chi connectivity index (χ1v) is 8.61. The molecule has 2 heterocycles. The summed E-state index contributed by atoms with van der Waals surface area (Å²) < 4.78 is 0. The molecule has 1 N–H and O–H groups in total. The Morgan fingerprint density at radius 1 is 1.09 bits per heavy atom. The van der Waals surface area contributed by atoms with Gasteiger partial charge in [-0.15, -0.1) is 11.3 Å². The molecule has 1 amide bonds. The minimum absolute atomic E-state index is 0.119. The van der Waals surface area contributed by atoms with Gasteiger partial charge in [-0.25, -0.2) is 0 Å². The molecular weight excluding hydrogens is 312 g/mol. The van der Waals surface area contributed by atoms with Crippen molar-refractivity contribution >= 4 is 45.9 Å². The zero-order valence-corrected chi connectivity index (χ0v) is 14.3. The number of thioether (sulfide) groups is 1. The predicted molar refractivity (Wildman–Crippen MR) is 95.8 cm³/mol. The first-order valence-electron chi connectivity index (χ1n) is 6.91. The van der Waals surface area contributed by atoms with E-state index in [0.29, 0.717) is 4.91 Å². The van der Waals surface area contributed by atoms with Crippen LogP contribution in [0.1, 0.15) is 21.6 Å². The number of aryl methyl sites for hydroxylation is 3. The summed E-state index contributed by atoms with van der Waals surface area (Å²) in [6.45, 7) is 6.08. The third kappa shape index (κ3) is 2.62. The molecule has 112 valence electrons. The van der Waals surface area contributed by atoms with Gasteiger partial charge < -0.3 is 0 Å². The maximum Gasteiger partial charge on any atom is 0.271 e. The van der Waals surface area contributed by atoms with Crippen molar-refractivity contribution < 1.29 is 4.79 Å². The fraction of sp³-hybridized carbons (Fsp3) is 0.176. The van der Waals surface area contributed by atoms with Gasteiger partial charge in [-0.3, -0.25) is 15.1 Å². The number of hydrogen-bond donors (Lipinski definition) is 1. The maximum absolute atomic E-state index is 12.7. The Kier molecular flexibility index (Phi) is 3.93. The number of carbonyl (C=O) groups is 1. The average Bonchev–Trinajstić information content (AvgIpc) is 2.99. The summed E-state index contributed by atoms with van der Waals surface area (Å²) in [6, 6.07) is 7.88. The maximum atomic E-state index is 12.7. The van der Waals surface area contributed by atoms with Crippen molar-refractivity contribution in [1.29, 1.82) is 5.41 Å². The highest BCUT2D eigenvalue weighted by Crippen LogP contribution is 2.36. The highest BCUT2D eigenvalue weighted by molar-refractivity contribution is 8.19. The molecule has 1 aromatic carbocycles. The number of nitrogens with zero attached hydrogens (tertiary/aromatic N) is 1. The van der Waals surface area contributed by atoms with Crippen LogP contribution >= 0.6 is 23.1 Å². The number of amidine groups is 1. The molecule has 1 aliphatic rings. The zero-order chi connectivity index (χ0) is 15.9. The number of anilines is 1. The summed E-state index contributed by atoms with van der Waals surface area (Å²) in [5.74, 6) is -0.119. The Labute approximate surface area is 138 Å². The quantitative estimate of drug-likeness (QED) is 0.810. The van der Waals surface area contributed by atoms with Crippen molar-refractivity contribution in [3.63, 3.8) is 0 Å². The van der Waals surface area contributed by atoms with Crippen molar-refractivity contribution in [1.82, 2.24) is 0 Å². The second-order valence-electron chi connectivity index (χ2n) is 5.29. The van der Waals surface area contributed by atoms with Gasteiger partial charge in [-0.2, -0.15) is 0 Å². The van der Waals surface area contributed by atoms with Gasteiger partial charge in [0.25, 0.3) is 5.91 Å². The number of nitrogens with one attached hydrogen (secondary N) is 1. The van der Waals surface area contributed by atoms with Crippen molar-refractivity contribution in [3.8, 4) is 0 Å². The largest absolute Gasteiger partial charge is 0.278 e. The Morgan fingerprint density at radius 2 is 1.86 bits per heavy atom. The van der Waals surface area contributed by atoms with E-state index in [0.717, 1.165) is 21.7 Å². The van der Waals surface area contributed by atoms with Crippen molar-refractivity contribution in [3.05, 3.63) is 56.1 Å². The average molecular weight is 328 g/mol. The number of hydrogen-bond acceptors (Lipinski definition) is 4. The Bertz CT molecular complexity index is 805. The molecule has 22 heavy (non-hydrogen) atoms. The fourth-order valence-electron chi connectivity index (χ4n) is 2.24. The van der Waals surface area contributed by atoms with Crippen LogP contribution in [0.25, 0.3) is 6.08 Å². The lowest BCUT2D eigenvalue weighted by atomic mass is 10.1. The number of rotatable bonds is 2. The molecule has 2 aromatic rings. The minimum atomic E-state index is -0.119. The lowest BCUT2D eigenvalue weighted by Crippen LogP contribution is -2.28. The van der Waals surface area contributed by atoms with E-state index in [4.69, 9.17) is 5.41 Å². The molecule has 1 fully saturated rings. The lowest BCUT2D eigenvalue weighted by molar-refractivity contribution is -0.113. The summed E-state index contributed by atoms with van der Waals surface area (Å²) in [4.78, 5) is 15.8. The number of carbonyl (C=O) groups excluding carboxylic acids is 1. The van der Waals surface area contributed by atoms with Crippen LogP contribution in [-0.4, -0.2) is 11.1 Å². The molecule has 0 aliphatic carbocycles. The van der Waals surface area contributed by atoms with Gasteiger partial charge in [0.2, 0.25) is 0 Å². The number of benzene rings is 1. The van der Waals surface area contributed by atoms with E-state index in [1.807, 2.05) is 56.5 Å². The van der Waals surface area contributed by atoms with Gasteiger partial charge >= 0.3 is 0 Å². The first kappa shape index (κ1) is 15.1. The Morgan fingerprint density at radius 3 is 2.50 bits per heavy atom. The highest BCUT2D eigenvalue weighted by atomic mass is 32.2. The summed E-state index contributed by atoms with van der Waals surface area (Å²) in [7, 11) is 0. The minimum Gasteiger partial charge on any atom is -0.278 e. The Hall–Kier alpha value is -1.85. The third-order valence-electron chi connectivity index (χ3n) is 3.74. The van der Waals surface area contributed by atoms with Crippen molar-refractivity contribution in [2.45, 2.75) is 20.8 Å². The first-order chi connectivity index (χ1) is 10.5. The molecule has 0 unspecified atom stereocenters. The molecule has 0 atom stereocenters. The molecule has 3 rings (SSSR count).